The minimum atomic E-state index is -3.87. The van der Waals surface area contributed by atoms with E-state index in [9.17, 15) is 13.2 Å². The number of anilines is 1. The summed E-state index contributed by atoms with van der Waals surface area (Å²) in [5.74, 6) is 0.458. The number of amides is 1. The van der Waals surface area contributed by atoms with Gasteiger partial charge in [-0.15, -0.1) is 0 Å². The Labute approximate surface area is 170 Å². The SMILES string of the molecule is CC1(C(=O)NS(=O)(=O)N2CCN(c3ncnc4[nH]ccc34)CC23CC3)CCCC1. The monoisotopic (exact) mass is 418 g/mol. The van der Waals surface area contributed by atoms with Gasteiger partial charge in [-0.1, -0.05) is 19.8 Å². The lowest BCUT2D eigenvalue weighted by Gasteiger charge is -2.41. The van der Waals surface area contributed by atoms with Gasteiger partial charge in [-0.25, -0.2) is 14.7 Å². The predicted molar refractivity (Wildman–Crippen MR) is 108 cm³/mol. The molecule has 156 valence electrons. The number of carbonyl (C=O) groups excluding carboxylic acids is 1. The first-order chi connectivity index (χ1) is 13.8. The number of nitrogens with zero attached hydrogens (tertiary/aromatic N) is 4. The second kappa shape index (κ2) is 6.40. The van der Waals surface area contributed by atoms with Crippen molar-refractivity contribution in [2.75, 3.05) is 24.5 Å². The van der Waals surface area contributed by atoms with Gasteiger partial charge in [0.1, 0.15) is 17.8 Å². The van der Waals surface area contributed by atoms with E-state index in [1.165, 1.54) is 10.6 Å². The van der Waals surface area contributed by atoms with E-state index in [2.05, 4.69) is 24.6 Å². The van der Waals surface area contributed by atoms with Crippen molar-refractivity contribution in [1.29, 1.82) is 0 Å². The summed E-state index contributed by atoms with van der Waals surface area (Å²) in [5.41, 5.74) is -0.270. The minimum absolute atomic E-state index is 0.329. The molecule has 3 fully saturated rings. The van der Waals surface area contributed by atoms with Crippen LogP contribution < -0.4 is 9.62 Å². The zero-order chi connectivity index (χ0) is 20.3. The summed E-state index contributed by atoms with van der Waals surface area (Å²) in [5, 5.41) is 0.932. The van der Waals surface area contributed by atoms with Gasteiger partial charge in [0.15, 0.2) is 0 Å². The largest absolute Gasteiger partial charge is 0.353 e. The number of piperazine rings is 1. The number of aromatic amines is 1. The fourth-order valence-corrected chi connectivity index (χ4v) is 6.52. The van der Waals surface area contributed by atoms with Crippen LogP contribution in [0, 0.1) is 5.41 Å². The second-order valence-corrected chi connectivity index (χ2v) is 10.5. The van der Waals surface area contributed by atoms with Crippen LogP contribution >= 0.6 is 0 Å². The molecule has 3 aliphatic rings. The van der Waals surface area contributed by atoms with Crippen LogP contribution in [0.25, 0.3) is 11.0 Å². The lowest BCUT2D eigenvalue weighted by Crippen LogP contribution is -2.61. The number of carbonyl (C=O) groups is 1. The Morgan fingerprint density at radius 2 is 1.93 bits per heavy atom. The summed E-state index contributed by atoms with van der Waals surface area (Å²) in [6, 6.07) is 1.94. The van der Waals surface area contributed by atoms with E-state index in [1.54, 1.807) is 0 Å². The number of nitrogens with one attached hydrogen (secondary N) is 2. The van der Waals surface area contributed by atoms with Crippen LogP contribution in [0.3, 0.4) is 0 Å². The van der Waals surface area contributed by atoms with Gasteiger partial charge >= 0.3 is 10.2 Å². The van der Waals surface area contributed by atoms with Crippen LogP contribution in [0.2, 0.25) is 0 Å². The third kappa shape index (κ3) is 3.09. The fraction of sp³-hybridized carbons (Fsp3) is 0.632. The van der Waals surface area contributed by atoms with Crippen LogP contribution in [0.5, 0.6) is 0 Å². The predicted octanol–water partition coefficient (Wildman–Crippen LogP) is 1.55. The van der Waals surface area contributed by atoms with Gasteiger partial charge in [0, 0.05) is 31.2 Å². The quantitative estimate of drug-likeness (QED) is 0.779. The fourth-order valence-electron chi connectivity index (χ4n) is 4.86. The van der Waals surface area contributed by atoms with Crippen LogP contribution in [0.1, 0.15) is 45.4 Å². The first-order valence-electron chi connectivity index (χ1n) is 10.2. The van der Waals surface area contributed by atoms with E-state index >= 15 is 0 Å². The molecule has 2 aromatic heterocycles. The van der Waals surface area contributed by atoms with Gasteiger partial charge in [0.2, 0.25) is 5.91 Å². The van der Waals surface area contributed by atoms with Crippen molar-refractivity contribution in [1.82, 2.24) is 24.0 Å². The summed E-state index contributed by atoms with van der Waals surface area (Å²) >= 11 is 0. The summed E-state index contributed by atoms with van der Waals surface area (Å²) < 4.78 is 30.1. The number of hydrogen-bond acceptors (Lipinski definition) is 6. The van der Waals surface area contributed by atoms with E-state index in [-0.39, 0.29) is 5.91 Å². The summed E-state index contributed by atoms with van der Waals surface area (Å²) in [6.07, 6.45) is 8.36. The highest BCUT2D eigenvalue weighted by molar-refractivity contribution is 7.87. The number of hydrogen-bond donors (Lipinski definition) is 2. The number of fused-ring (bicyclic) bond motifs is 1. The summed E-state index contributed by atoms with van der Waals surface area (Å²) in [6.45, 7) is 3.28. The minimum Gasteiger partial charge on any atom is -0.353 e. The van der Waals surface area contributed by atoms with E-state index < -0.39 is 21.2 Å². The standard InChI is InChI=1S/C19H26N6O3S/c1-18(5-2-3-6-18)17(26)23-29(27,28)25-11-10-24(12-19(25)7-8-19)16-14-4-9-20-15(14)21-13-22-16/h4,9,13H,2-3,5-8,10-12H2,1H3,(H,23,26)(H,20,21,22). The molecule has 0 radical (unpaired) electrons. The van der Waals surface area contributed by atoms with Gasteiger partial charge in [-0.3, -0.25) is 4.79 Å². The Morgan fingerprint density at radius 1 is 1.17 bits per heavy atom. The highest BCUT2D eigenvalue weighted by Crippen LogP contribution is 2.47. The number of H-pyrrole nitrogens is 1. The molecule has 0 aromatic carbocycles. The van der Waals surface area contributed by atoms with Gasteiger partial charge in [0.05, 0.1) is 10.9 Å². The molecule has 1 amide bonds. The van der Waals surface area contributed by atoms with Gasteiger partial charge in [-0.05, 0) is 31.7 Å². The molecular formula is C19H26N6O3S. The zero-order valence-electron chi connectivity index (χ0n) is 16.5. The van der Waals surface area contributed by atoms with E-state index in [4.69, 9.17) is 0 Å². The maximum absolute atomic E-state index is 13.1. The molecule has 1 aliphatic heterocycles. The molecule has 0 atom stereocenters. The van der Waals surface area contributed by atoms with E-state index in [0.29, 0.717) is 19.6 Å². The Kier molecular flexibility index (Phi) is 4.15. The molecule has 10 heteroatoms. The molecule has 0 unspecified atom stereocenters. The first kappa shape index (κ1) is 18.8. The molecule has 1 spiro atoms. The highest BCUT2D eigenvalue weighted by atomic mass is 32.2. The average molecular weight is 419 g/mol. The normalized spacial score (nSPS) is 23.6. The molecular weight excluding hydrogens is 392 g/mol. The number of aromatic nitrogens is 3. The van der Waals surface area contributed by atoms with Crippen LogP contribution in [-0.2, 0) is 15.0 Å². The third-order valence-corrected chi connectivity index (χ3v) is 8.41. The molecule has 1 saturated heterocycles. The van der Waals surface area contributed by atoms with Crippen molar-refractivity contribution in [3.8, 4) is 0 Å². The average Bonchev–Trinajstić information content (AvgIpc) is 3.10. The van der Waals surface area contributed by atoms with Crippen molar-refractivity contribution in [3.63, 3.8) is 0 Å². The Morgan fingerprint density at radius 3 is 2.66 bits per heavy atom. The first-order valence-corrected chi connectivity index (χ1v) is 11.7. The Bertz CT molecular complexity index is 1050. The maximum Gasteiger partial charge on any atom is 0.304 e. The number of rotatable bonds is 4. The van der Waals surface area contributed by atoms with Crippen LogP contribution in [-0.4, -0.2) is 58.8 Å². The van der Waals surface area contributed by atoms with Gasteiger partial charge in [0.25, 0.3) is 0 Å². The molecule has 2 N–H and O–H groups in total. The van der Waals surface area contributed by atoms with E-state index in [0.717, 1.165) is 55.4 Å². The van der Waals surface area contributed by atoms with Crippen molar-refractivity contribution in [2.24, 2.45) is 5.41 Å². The smallest absolute Gasteiger partial charge is 0.304 e. The van der Waals surface area contributed by atoms with E-state index in [1.807, 2.05) is 19.2 Å². The topological polar surface area (TPSA) is 111 Å². The molecule has 2 aromatic rings. The zero-order valence-corrected chi connectivity index (χ0v) is 17.3. The summed E-state index contributed by atoms with van der Waals surface area (Å²) in [7, 11) is -3.87. The molecule has 29 heavy (non-hydrogen) atoms. The Balaban J connectivity index is 1.36. The molecule has 2 saturated carbocycles. The second-order valence-electron chi connectivity index (χ2n) is 8.86. The van der Waals surface area contributed by atoms with Crippen molar-refractivity contribution in [3.05, 3.63) is 18.6 Å². The van der Waals surface area contributed by atoms with Gasteiger partial charge < -0.3 is 9.88 Å². The molecule has 3 heterocycles. The van der Waals surface area contributed by atoms with Crippen LogP contribution in [0.15, 0.2) is 18.6 Å². The highest BCUT2D eigenvalue weighted by Gasteiger charge is 2.56. The van der Waals surface area contributed by atoms with Crippen LogP contribution in [0.4, 0.5) is 5.82 Å². The summed E-state index contributed by atoms with van der Waals surface area (Å²) in [4.78, 5) is 26.6. The molecule has 5 rings (SSSR count). The van der Waals surface area contributed by atoms with Crippen molar-refractivity contribution < 1.29 is 13.2 Å². The maximum atomic E-state index is 13.1. The third-order valence-electron chi connectivity index (χ3n) is 6.81. The molecule has 9 nitrogen and oxygen atoms in total. The molecule has 2 aliphatic carbocycles. The lowest BCUT2D eigenvalue weighted by molar-refractivity contribution is -0.128. The van der Waals surface area contributed by atoms with Gasteiger partial charge in [-0.2, -0.15) is 12.7 Å². The Hall–Kier alpha value is -2.20. The van der Waals surface area contributed by atoms with Crippen molar-refractivity contribution in [2.45, 2.75) is 51.0 Å². The lowest BCUT2D eigenvalue weighted by atomic mass is 9.88. The molecule has 0 bridgehead atoms. The van der Waals surface area contributed by atoms with Crippen molar-refractivity contribution >= 4 is 33.0 Å².